The maximum Gasteiger partial charge on any atom is 0.339 e. The van der Waals surface area contributed by atoms with Crippen molar-refractivity contribution in [2.45, 2.75) is 18.9 Å². The Labute approximate surface area is 154 Å². The first-order valence-corrected chi connectivity index (χ1v) is 8.75. The van der Waals surface area contributed by atoms with Crippen molar-refractivity contribution in [1.82, 2.24) is 5.32 Å². The Hall–Kier alpha value is -2.34. The standard InChI is InChI=1S/C19H18BrNO4/c1-19(12-13-5-2-3-8-16(13)17(22)25-19)18(23)21-9-10-24-15-7-4-6-14(20)11-15/h2-8,11H,9-10,12H2,1H3,(H,21,23). The van der Waals surface area contributed by atoms with Crippen LogP contribution in [-0.4, -0.2) is 30.6 Å². The summed E-state index contributed by atoms with van der Waals surface area (Å²) in [5.74, 6) is -0.0778. The molecular formula is C19H18BrNO4. The topological polar surface area (TPSA) is 64.6 Å². The van der Waals surface area contributed by atoms with E-state index in [0.29, 0.717) is 30.9 Å². The van der Waals surface area contributed by atoms with Gasteiger partial charge in [-0.25, -0.2) is 4.79 Å². The number of hydrogen-bond donors (Lipinski definition) is 1. The lowest BCUT2D eigenvalue weighted by Gasteiger charge is -2.33. The Bertz CT molecular complexity index is 808. The summed E-state index contributed by atoms with van der Waals surface area (Å²) in [6, 6.07) is 14.7. The number of halogens is 1. The second-order valence-electron chi connectivity index (χ2n) is 6.02. The van der Waals surface area contributed by atoms with Crippen molar-refractivity contribution in [2.24, 2.45) is 0 Å². The molecule has 1 heterocycles. The fraction of sp³-hybridized carbons (Fsp3) is 0.263. The van der Waals surface area contributed by atoms with Gasteiger partial charge in [0.25, 0.3) is 5.91 Å². The molecular weight excluding hydrogens is 386 g/mol. The number of rotatable bonds is 5. The molecule has 25 heavy (non-hydrogen) atoms. The summed E-state index contributed by atoms with van der Waals surface area (Å²) >= 11 is 3.37. The van der Waals surface area contributed by atoms with Gasteiger partial charge in [-0.2, -0.15) is 0 Å². The summed E-state index contributed by atoms with van der Waals surface area (Å²) in [6.07, 6.45) is 0.354. The number of ether oxygens (including phenoxy) is 2. The lowest BCUT2D eigenvalue weighted by atomic mass is 9.89. The maximum atomic E-state index is 12.5. The zero-order chi connectivity index (χ0) is 17.9. The van der Waals surface area contributed by atoms with Crippen molar-refractivity contribution in [3.63, 3.8) is 0 Å². The average molecular weight is 404 g/mol. The molecule has 0 aromatic heterocycles. The molecule has 0 fully saturated rings. The van der Waals surface area contributed by atoms with E-state index in [1.54, 1.807) is 19.1 Å². The fourth-order valence-corrected chi connectivity index (χ4v) is 3.11. The third-order valence-corrected chi connectivity index (χ3v) is 4.51. The monoisotopic (exact) mass is 403 g/mol. The Morgan fingerprint density at radius 3 is 2.88 bits per heavy atom. The van der Waals surface area contributed by atoms with Crippen LogP contribution in [0.1, 0.15) is 22.8 Å². The first-order valence-electron chi connectivity index (χ1n) is 7.96. The Morgan fingerprint density at radius 1 is 1.28 bits per heavy atom. The highest BCUT2D eigenvalue weighted by Gasteiger charge is 2.42. The highest BCUT2D eigenvalue weighted by molar-refractivity contribution is 9.10. The van der Waals surface area contributed by atoms with Crippen LogP contribution in [0.15, 0.2) is 53.0 Å². The van der Waals surface area contributed by atoms with E-state index < -0.39 is 11.6 Å². The Kier molecular flexibility index (Phi) is 5.08. The van der Waals surface area contributed by atoms with Gasteiger partial charge in [-0.05, 0) is 36.8 Å². The zero-order valence-corrected chi connectivity index (χ0v) is 15.3. The number of esters is 1. The van der Waals surface area contributed by atoms with Gasteiger partial charge in [-0.3, -0.25) is 4.79 Å². The second kappa shape index (κ2) is 7.27. The van der Waals surface area contributed by atoms with Crippen molar-refractivity contribution in [3.8, 4) is 5.75 Å². The van der Waals surface area contributed by atoms with E-state index in [2.05, 4.69) is 21.2 Å². The molecule has 0 spiro atoms. The van der Waals surface area contributed by atoms with Gasteiger partial charge in [0.2, 0.25) is 0 Å². The van der Waals surface area contributed by atoms with Gasteiger partial charge in [0.05, 0.1) is 12.1 Å². The Balaban J connectivity index is 1.55. The number of carbonyl (C=O) groups is 2. The molecule has 130 valence electrons. The number of benzene rings is 2. The maximum absolute atomic E-state index is 12.5. The van der Waals surface area contributed by atoms with E-state index in [1.807, 2.05) is 36.4 Å². The number of fused-ring (bicyclic) bond motifs is 1. The van der Waals surface area contributed by atoms with Crippen molar-refractivity contribution in [1.29, 1.82) is 0 Å². The molecule has 1 N–H and O–H groups in total. The van der Waals surface area contributed by atoms with E-state index >= 15 is 0 Å². The minimum absolute atomic E-state index is 0.320. The van der Waals surface area contributed by atoms with E-state index in [4.69, 9.17) is 9.47 Å². The zero-order valence-electron chi connectivity index (χ0n) is 13.8. The summed E-state index contributed by atoms with van der Waals surface area (Å²) in [7, 11) is 0. The molecule has 6 heteroatoms. The largest absolute Gasteiger partial charge is 0.492 e. The molecule has 0 saturated carbocycles. The van der Waals surface area contributed by atoms with Crippen molar-refractivity contribution >= 4 is 27.8 Å². The van der Waals surface area contributed by atoms with Gasteiger partial charge in [-0.15, -0.1) is 0 Å². The summed E-state index contributed by atoms with van der Waals surface area (Å²) in [5, 5.41) is 2.78. The lowest BCUT2D eigenvalue weighted by molar-refractivity contribution is -0.139. The molecule has 2 aromatic rings. The molecule has 1 amide bonds. The second-order valence-corrected chi connectivity index (χ2v) is 6.93. The summed E-state index contributed by atoms with van der Waals surface area (Å²) in [6.45, 7) is 2.27. The van der Waals surface area contributed by atoms with Crippen LogP contribution in [-0.2, 0) is 16.0 Å². The number of cyclic esters (lactones) is 1. The Morgan fingerprint density at radius 2 is 2.08 bits per heavy atom. The molecule has 0 bridgehead atoms. The number of amides is 1. The molecule has 1 aliphatic rings. The molecule has 0 aliphatic carbocycles. The molecule has 2 aromatic carbocycles. The molecule has 1 atom stereocenters. The summed E-state index contributed by atoms with van der Waals surface area (Å²) in [5.41, 5.74) is 0.133. The number of hydrogen-bond acceptors (Lipinski definition) is 4. The van der Waals surface area contributed by atoms with E-state index in [-0.39, 0.29) is 5.91 Å². The number of carbonyl (C=O) groups excluding carboxylic acids is 2. The predicted octanol–water partition coefficient (Wildman–Crippen LogP) is 3.12. The summed E-state index contributed by atoms with van der Waals surface area (Å²) < 4.78 is 11.9. The number of nitrogens with one attached hydrogen (secondary N) is 1. The van der Waals surface area contributed by atoms with E-state index in [9.17, 15) is 9.59 Å². The van der Waals surface area contributed by atoms with Crippen molar-refractivity contribution < 1.29 is 19.1 Å². The van der Waals surface area contributed by atoms with Crippen LogP contribution in [0.2, 0.25) is 0 Å². The third kappa shape index (κ3) is 4.02. The van der Waals surface area contributed by atoms with Gasteiger partial charge >= 0.3 is 5.97 Å². The highest BCUT2D eigenvalue weighted by Crippen LogP contribution is 2.28. The van der Waals surface area contributed by atoms with E-state index in [1.165, 1.54) is 0 Å². The first-order chi connectivity index (χ1) is 12.0. The normalized spacial score (nSPS) is 18.9. The highest BCUT2D eigenvalue weighted by atomic mass is 79.9. The van der Waals surface area contributed by atoms with Gasteiger partial charge in [0.1, 0.15) is 12.4 Å². The minimum atomic E-state index is -1.21. The third-order valence-electron chi connectivity index (χ3n) is 4.02. The lowest BCUT2D eigenvalue weighted by Crippen LogP contribution is -2.52. The molecule has 1 unspecified atom stereocenters. The van der Waals surface area contributed by atoms with Gasteiger partial charge in [-0.1, -0.05) is 40.2 Å². The van der Waals surface area contributed by atoms with Crippen LogP contribution in [0.4, 0.5) is 0 Å². The van der Waals surface area contributed by atoms with Gasteiger partial charge < -0.3 is 14.8 Å². The molecule has 1 aliphatic heterocycles. The fourth-order valence-electron chi connectivity index (χ4n) is 2.74. The molecule has 3 rings (SSSR count). The molecule has 5 nitrogen and oxygen atoms in total. The quantitative estimate of drug-likeness (QED) is 0.615. The first kappa shape index (κ1) is 17.5. The molecule has 0 radical (unpaired) electrons. The SMILES string of the molecule is CC1(C(=O)NCCOc2cccc(Br)c2)Cc2ccccc2C(=O)O1. The minimum Gasteiger partial charge on any atom is -0.492 e. The van der Waals surface area contributed by atoms with Crippen LogP contribution in [0.3, 0.4) is 0 Å². The van der Waals surface area contributed by atoms with Crippen molar-refractivity contribution in [3.05, 3.63) is 64.1 Å². The van der Waals surface area contributed by atoms with Gasteiger partial charge in [0, 0.05) is 10.9 Å². The van der Waals surface area contributed by atoms with Crippen LogP contribution in [0.25, 0.3) is 0 Å². The van der Waals surface area contributed by atoms with E-state index in [0.717, 1.165) is 10.0 Å². The van der Waals surface area contributed by atoms with Crippen molar-refractivity contribution in [2.75, 3.05) is 13.2 Å². The predicted molar refractivity (Wildman–Crippen MR) is 96.6 cm³/mol. The van der Waals surface area contributed by atoms with Crippen LogP contribution in [0.5, 0.6) is 5.75 Å². The average Bonchev–Trinajstić information content (AvgIpc) is 2.58. The van der Waals surface area contributed by atoms with Crippen LogP contribution in [0, 0.1) is 0 Å². The smallest absolute Gasteiger partial charge is 0.339 e. The summed E-state index contributed by atoms with van der Waals surface area (Å²) in [4.78, 5) is 24.6. The van der Waals surface area contributed by atoms with Crippen LogP contribution >= 0.6 is 15.9 Å². The molecule has 0 saturated heterocycles. The van der Waals surface area contributed by atoms with Gasteiger partial charge in [0.15, 0.2) is 5.60 Å². The van der Waals surface area contributed by atoms with Crippen LogP contribution < -0.4 is 10.1 Å².